The number of aldehydes is 1. The van der Waals surface area contributed by atoms with E-state index in [-0.39, 0.29) is 11.3 Å². The first-order valence-electron chi connectivity index (χ1n) is 11.9. The Balaban J connectivity index is 2.52. The Morgan fingerprint density at radius 2 is 1.56 bits per heavy atom. The molecule has 0 amide bonds. The molecule has 0 saturated carbocycles. The summed E-state index contributed by atoms with van der Waals surface area (Å²) in [5, 5.41) is 0. The van der Waals surface area contributed by atoms with Crippen molar-refractivity contribution in [2.75, 3.05) is 6.61 Å². The van der Waals surface area contributed by atoms with Gasteiger partial charge in [0.25, 0.3) is 0 Å². The third-order valence-electron chi connectivity index (χ3n) is 4.05. The molecule has 1 fully saturated rings. The van der Waals surface area contributed by atoms with Gasteiger partial charge in [-0.3, -0.25) is 24.0 Å². The molecule has 174 valence electrons. The van der Waals surface area contributed by atoms with Crippen molar-refractivity contribution >= 4 is 30.2 Å². The van der Waals surface area contributed by atoms with E-state index in [0.29, 0.717) is 6.29 Å². The molecule has 1 aromatic carbocycles. The number of rotatable bonds is 8. The number of ether oxygens (including phenoxy) is 6. The van der Waals surface area contributed by atoms with Crippen molar-refractivity contribution < 1.29 is 57.9 Å². The molecule has 32 heavy (non-hydrogen) atoms. The van der Waals surface area contributed by atoms with Crippen LogP contribution in [0.25, 0.3) is 0 Å². The third kappa shape index (κ3) is 7.05. The summed E-state index contributed by atoms with van der Waals surface area (Å²) in [4.78, 5) is 58.7. The Morgan fingerprint density at radius 3 is 2.19 bits per heavy atom. The fourth-order valence-electron chi connectivity index (χ4n) is 2.93. The van der Waals surface area contributed by atoms with Gasteiger partial charge in [-0.05, 0) is 12.1 Å². The summed E-state index contributed by atoms with van der Waals surface area (Å²) >= 11 is 0. The van der Waals surface area contributed by atoms with Gasteiger partial charge in [0, 0.05) is 38.6 Å². The molecular weight excluding hydrogens is 428 g/mol. The highest BCUT2D eigenvalue weighted by Gasteiger charge is 2.53. The number of hydrogen-bond acceptors (Lipinski definition) is 11. The molecule has 0 spiro atoms. The van der Waals surface area contributed by atoms with Crippen LogP contribution in [-0.2, 0) is 42.9 Å². The number of carbonyl (C=O) groups excluding carboxylic acids is 5. The van der Waals surface area contributed by atoms with Crippen molar-refractivity contribution in [3.05, 3.63) is 29.8 Å². The van der Waals surface area contributed by atoms with Crippen molar-refractivity contribution in [3.63, 3.8) is 0 Å². The average Bonchev–Trinajstić information content (AvgIpc) is 2.89. The van der Waals surface area contributed by atoms with Gasteiger partial charge in [0.1, 0.15) is 24.7 Å². The summed E-state index contributed by atoms with van der Waals surface area (Å²) in [5.41, 5.74) is 0.225. The first-order chi connectivity index (χ1) is 17.3. The Kier molecular flexibility index (Phi) is 6.75. The van der Waals surface area contributed by atoms with Crippen LogP contribution in [0.15, 0.2) is 24.3 Å². The first kappa shape index (κ1) is 19.2. The maximum absolute atomic E-state index is 12.1. The Bertz CT molecular complexity index is 944. The predicted molar refractivity (Wildman–Crippen MR) is 104 cm³/mol. The van der Waals surface area contributed by atoms with Gasteiger partial charge in [0.15, 0.2) is 12.2 Å². The second kappa shape index (κ2) is 11.2. The molecule has 0 N–H and O–H groups in total. The largest absolute Gasteiger partial charge is 0.463 e. The van der Waals surface area contributed by atoms with E-state index in [4.69, 9.17) is 33.9 Å². The molecule has 5 atom stereocenters. The average molecular weight is 456 g/mol. The second-order valence-corrected chi connectivity index (χ2v) is 6.40. The molecular formula is C21H24O11. The quantitative estimate of drug-likeness (QED) is 0.314. The van der Waals surface area contributed by atoms with Gasteiger partial charge in [0.2, 0.25) is 12.4 Å². The summed E-state index contributed by atoms with van der Waals surface area (Å²) in [6.07, 6.45) is -7.36. The summed E-state index contributed by atoms with van der Waals surface area (Å²) in [5.74, 6) is -4.18. The Labute approximate surface area is 189 Å². The van der Waals surface area contributed by atoms with Crippen molar-refractivity contribution in [2.45, 2.75) is 58.3 Å². The monoisotopic (exact) mass is 456 g/mol. The molecule has 1 heterocycles. The third-order valence-corrected chi connectivity index (χ3v) is 4.05. The minimum Gasteiger partial charge on any atom is -0.463 e. The lowest BCUT2D eigenvalue weighted by atomic mass is 9.98. The normalized spacial score (nSPS) is 26.2. The van der Waals surface area contributed by atoms with Gasteiger partial charge in [-0.2, -0.15) is 0 Å². The van der Waals surface area contributed by atoms with Crippen molar-refractivity contribution in [2.24, 2.45) is 0 Å². The molecule has 11 heteroatoms. The van der Waals surface area contributed by atoms with Crippen LogP contribution >= 0.6 is 0 Å². The van der Waals surface area contributed by atoms with E-state index in [1.165, 1.54) is 24.3 Å². The molecule has 1 saturated heterocycles. The van der Waals surface area contributed by atoms with Crippen LogP contribution < -0.4 is 4.74 Å². The number of esters is 4. The Hall–Kier alpha value is -3.47. The van der Waals surface area contributed by atoms with Gasteiger partial charge in [-0.15, -0.1) is 0 Å². The van der Waals surface area contributed by atoms with Gasteiger partial charge in [0.05, 0.1) is 0 Å². The van der Waals surface area contributed by atoms with E-state index in [1.54, 1.807) is 0 Å². The molecule has 11 nitrogen and oxygen atoms in total. The zero-order chi connectivity index (χ0) is 26.7. The summed E-state index contributed by atoms with van der Waals surface area (Å²) in [7, 11) is 0. The van der Waals surface area contributed by atoms with E-state index in [9.17, 15) is 24.0 Å². The lowest BCUT2D eigenvalue weighted by Crippen LogP contribution is -2.63. The SMILES string of the molecule is [2H]CC(=O)OC[C@H]1OC(Oc2cccc(C=O)c2)[C@H](OC(=O)C[2H])[C@@H](OC(=O)C[2H])[C@H]1OC(=O)C[2H]. The minimum atomic E-state index is -1.67. The smallest absolute Gasteiger partial charge is 0.303 e. The van der Waals surface area contributed by atoms with Crippen LogP contribution in [0.5, 0.6) is 5.75 Å². The van der Waals surface area contributed by atoms with Crippen LogP contribution in [0.4, 0.5) is 0 Å². The molecule has 0 aromatic heterocycles. The zero-order valence-corrected chi connectivity index (χ0v) is 16.8. The van der Waals surface area contributed by atoms with E-state index in [2.05, 4.69) is 0 Å². The van der Waals surface area contributed by atoms with Gasteiger partial charge in [-0.1, -0.05) is 12.1 Å². The highest BCUT2D eigenvalue weighted by molar-refractivity contribution is 5.75. The predicted octanol–water partition coefficient (Wildman–Crippen LogP) is 0.961. The molecule has 1 aliphatic heterocycles. The highest BCUT2D eigenvalue weighted by Crippen LogP contribution is 2.31. The highest BCUT2D eigenvalue weighted by atomic mass is 16.7. The number of hydrogen-bond donors (Lipinski definition) is 0. The molecule has 0 radical (unpaired) electrons. The summed E-state index contributed by atoms with van der Waals surface area (Å²) in [6, 6.07) is 5.73. The summed E-state index contributed by atoms with van der Waals surface area (Å²) in [6.45, 7) is -3.89. The van der Waals surface area contributed by atoms with Crippen LogP contribution in [0.2, 0.25) is 0 Å². The molecule has 1 aliphatic rings. The molecule has 0 bridgehead atoms. The lowest BCUT2D eigenvalue weighted by Gasteiger charge is -2.43. The van der Waals surface area contributed by atoms with Gasteiger partial charge >= 0.3 is 23.9 Å². The van der Waals surface area contributed by atoms with E-state index in [1.807, 2.05) is 0 Å². The van der Waals surface area contributed by atoms with Crippen molar-refractivity contribution in [1.82, 2.24) is 0 Å². The molecule has 1 unspecified atom stereocenters. The lowest BCUT2D eigenvalue weighted by molar-refractivity contribution is -0.288. The van der Waals surface area contributed by atoms with E-state index >= 15 is 0 Å². The molecule has 1 aromatic rings. The Morgan fingerprint density at radius 1 is 0.938 bits per heavy atom. The van der Waals surface area contributed by atoms with Gasteiger partial charge in [-0.25, -0.2) is 0 Å². The fourth-order valence-corrected chi connectivity index (χ4v) is 2.93. The van der Waals surface area contributed by atoms with Crippen molar-refractivity contribution in [1.29, 1.82) is 0 Å². The van der Waals surface area contributed by atoms with Crippen LogP contribution in [0.1, 0.15) is 43.4 Å². The second-order valence-electron chi connectivity index (χ2n) is 6.40. The fraction of sp³-hybridized carbons (Fsp3) is 0.476. The van der Waals surface area contributed by atoms with E-state index in [0.717, 1.165) is 0 Å². The number of benzene rings is 1. The molecule has 0 aliphatic carbocycles. The number of carbonyl (C=O) groups is 5. The summed E-state index contributed by atoms with van der Waals surface area (Å²) < 4.78 is 60.9. The molecule has 2 rings (SSSR count). The van der Waals surface area contributed by atoms with Crippen LogP contribution in [0.3, 0.4) is 0 Å². The van der Waals surface area contributed by atoms with Gasteiger partial charge < -0.3 is 28.4 Å². The topological polar surface area (TPSA) is 141 Å². The van der Waals surface area contributed by atoms with Crippen molar-refractivity contribution in [3.8, 4) is 5.75 Å². The zero-order valence-electron chi connectivity index (χ0n) is 20.8. The maximum Gasteiger partial charge on any atom is 0.303 e. The van der Waals surface area contributed by atoms with Crippen LogP contribution in [0, 0.1) is 0 Å². The van der Waals surface area contributed by atoms with Crippen LogP contribution in [-0.4, -0.2) is 67.5 Å². The maximum atomic E-state index is 12.1. The standard InChI is InChI=1S/C21H24O11/c1-11(23)27-10-17-18(28-12(2)24)19(29-13(3)25)20(30-14(4)26)21(32-17)31-16-7-5-6-15(8-16)9-22/h5-9,17-21H,10H2,1-4H3/t17-,18+,19+,20-,21?/m1/s1/i1D,2D,3D,4D. The van der Waals surface area contributed by atoms with E-state index < -0.39 is 88.8 Å². The first-order valence-corrected chi connectivity index (χ1v) is 9.04. The minimum absolute atomic E-state index is 0.0607.